The molecule has 2 saturated carbocycles. The summed E-state index contributed by atoms with van der Waals surface area (Å²) in [6.45, 7) is 2.37. The smallest absolute Gasteiger partial charge is 0.220 e. The molecular weight excluding hydrogens is 350 g/mol. The quantitative estimate of drug-likeness (QED) is 0.741. The molecule has 0 aromatic carbocycles. The molecule has 1 atom stereocenters. The fourth-order valence-electron chi connectivity index (χ4n) is 4.92. The monoisotopic (exact) mass is 385 g/mol. The van der Waals surface area contributed by atoms with Crippen molar-refractivity contribution in [2.75, 3.05) is 6.54 Å². The molecule has 0 unspecified atom stereocenters. The van der Waals surface area contributed by atoms with Crippen molar-refractivity contribution in [3.8, 4) is 0 Å². The Morgan fingerprint density at radius 2 is 1.79 bits per heavy atom. The van der Waals surface area contributed by atoms with Gasteiger partial charge in [0.2, 0.25) is 11.8 Å². The number of hydrogen-bond acceptors (Lipinski definition) is 3. The maximum Gasteiger partial charge on any atom is 0.220 e. The van der Waals surface area contributed by atoms with Crippen LogP contribution in [0.25, 0.3) is 0 Å². The van der Waals surface area contributed by atoms with Gasteiger partial charge >= 0.3 is 0 Å². The molecule has 2 N–H and O–H groups in total. The molecule has 5 heteroatoms. The Labute approximate surface area is 169 Å². The molecule has 0 bridgehead atoms. The summed E-state index contributed by atoms with van der Waals surface area (Å²) >= 11 is 0. The average Bonchev–Trinajstić information content (AvgIpc) is 2.72. The molecule has 0 radical (unpaired) electrons. The van der Waals surface area contributed by atoms with Crippen molar-refractivity contribution in [3.05, 3.63) is 30.1 Å². The summed E-state index contributed by atoms with van der Waals surface area (Å²) in [5.41, 5.74) is 0.946. The van der Waals surface area contributed by atoms with E-state index in [0.717, 1.165) is 37.9 Å². The van der Waals surface area contributed by atoms with Gasteiger partial charge in [-0.15, -0.1) is 0 Å². The second-order valence-electron chi connectivity index (χ2n) is 8.73. The SMILES string of the molecule is CC(=O)N[C@H](c1ccccn1)C1CCC(CNC(=O)CC2CCCCC2)CC1. The van der Waals surface area contributed by atoms with E-state index in [1.165, 1.54) is 32.1 Å². The van der Waals surface area contributed by atoms with E-state index in [9.17, 15) is 9.59 Å². The van der Waals surface area contributed by atoms with Crippen LogP contribution in [-0.4, -0.2) is 23.3 Å². The van der Waals surface area contributed by atoms with E-state index >= 15 is 0 Å². The Hall–Kier alpha value is -1.91. The number of rotatable bonds is 7. The van der Waals surface area contributed by atoms with Gasteiger partial charge in [-0.25, -0.2) is 0 Å². The summed E-state index contributed by atoms with van der Waals surface area (Å²) in [5.74, 6) is 1.79. The Kier molecular flexibility index (Phi) is 7.87. The summed E-state index contributed by atoms with van der Waals surface area (Å²) in [6, 6.07) is 5.87. The zero-order valence-corrected chi connectivity index (χ0v) is 17.2. The van der Waals surface area contributed by atoms with E-state index < -0.39 is 0 Å². The highest BCUT2D eigenvalue weighted by atomic mass is 16.2. The summed E-state index contributed by atoms with van der Waals surface area (Å²) in [6.07, 6.45) is 13.1. The molecule has 0 aliphatic heterocycles. The number of pyridine rings is 1. The van der Waals surface area contributed by atoms with Crippen LogP contribution in [0.3, 0.4) is 0 Å². The van der Waals surface area contributed by atoms with Gasteiger partial charge in [0, 0.05) is 26.1 Å². The minimum Gasteiger partial charge on any atom is -0.356 e. The third-order valence-corrected chi connectivity index (χ3v) is 6.51. The fraction of sp³-hybridized carbons (Fsp3) is 0.696. The molecule has 3 rings (SSSR count). The Bertz CT molecular complexity index is 620. The van der Waals surface area contributed by atoms with Crippen molar-refractivity contribution in [1.82, 2.24) is 15.6 Å². The van der Waals surface area contributed by atoms with Gasteiger partial charge in [-0.05, 0) is 68.4 Å². The summed E-state index contributed by atoms with van der Waals surface area (Å²) in [4.78, 5) is 28.4. The van der Waals surface area contributed by atoms with E-state index in [4.69, 9.17) is 0 Å². The molecule has 154 valence electrons. The minimum absolute atomic E-state index is 0.00671. The predicted octanol–water partition coefficient (Wildman–Crippen LogP) is 4.15. The highest BCUT2D eigenvalue weighted by molar-refractivity contribution is 5.76. The molecule has 1 heterocycles. The van der Waals surface area contributed by atoms with Crippen LogP contribution in [0, 0.1) is 17.8 Å². The van der Waals surface area contributed by atoms with Crippen molar-refractivity contribution in [3.63, 3.8) is 0 Å². The van der Waals surface area contributed by atoms with Gasteiger partial charge in [0.25, 0.3) is 0 Å². The Morgan fingerprint density at radius 3 is 2.43 bits per heavy atom. The molecule has 2 amide bonds. The number of nitrogens with zero attached hydrogens (tertiary/aromatic N) is 1. The first-order valence-corrected chi connectivity index (χ1v) is 11.1. The van der Waals surface area contributed by atoms with Gasteiger partial charge in [-0.2, -0.15) is 0 Å². The van der Waals surface area contributed by atoms with Crippen LogP contribution in [-0.2, 0) is 9.59 Å². The fourth-order valence-corrected chi connectivity index (χ4v) is 4.92. The molecule has 2 fully saturated rings. The molecule has 2 aliphatic carbocycles. The zero-order valence-electron chi connectivity index (χ0n) is 17.2. The van der Waals surface area contributed by atoms with Gasteiger partial charge in [-0.3, -0.25) is 14.6 Å². The first kappa shape index (κ1) is 20.8. The van der Waals surface area contributed by atoms with Crippen molar-refractivity contribution in [1.29, 1.82) is 0 Å². The lowest BCUT2D eigenvalue weighted by atomic mass is 9.77. The number of carbonyl (C=O) groups excluding carboxylic acids is 2. The molecular formula is C23H35N3O2. The summed E-state index contributed by atoms with van der Waals surface area (Å²) in [5, 5.41) is 6.29. The summed E-state index contributed by atoms with van der Waals surface area (Å²) in [7, 11) is 0. The zero-order chi connectivity index (χ0) is 19.8. The van der Waals surface area contributed by atoms with Crippen molar-refractivity contribution in [2.24, 2.45) is 17.8 Å². The summed E-state index contributed by atoms with van der Waals surface area (Å²) < 4.78 is 0. The molecule has 0 saturated heterocycles. The van der Waals surface area contributed by atoms with Crippen molar-refractivity contribution >= 4 is 11.8 Å². The lowest BCUT2D eigenvalue weighted by Gasteiger charge is -2.34. The number of carbonyl (C=O) groups is 2. The number of aromatic nitrogens is 1. The second-order valence-corrected chi connectivity index (χ2v) is 8.73. The van der Waals surface area contributed by atoms with Gasteiger partial charge < -0.3 is 10.6 Å². The van der Waals surface area contributed by atoms with Gasteiger partial charge in [-0.1, -0.05) is 25.3 Å². The molecule has 28 heavy (non-hydrogen) atoms. The lowest BCUT2D eigenvalue weighted by molar-refractivity contribution is -0.123. The second kappa shape index (κ2) is 10.6. The predicted molar refractivity (Wildman–Crippen MR) is 110 cm³/mol. The topological polar surface area (TPSA) is 71.1 Å². The minimum atomic E-state index is -0.0134. The third-order valence-electron chi connectivity index (χ3n) is 6.51. The lowest BCUT2D eigenvalue weighted by Crippen LogP contribution is -2.37. The molecule has 1 aromatic heterocycles. The largest absolute Gasteiger partial charge is 0.356 e. The van der Waals surface area contributed by atoms with Gasteiger partial charge in [0.05, 0.1) is 11.7 Å². The molecule has 0 spiro atoms. The third kappa shape index (κ3) is 6.32. The van der Waals surface area contributed by atoms with Crippen LogP contribution in [0.4, 0.5) is 0 Å². The Morgan fingerprint density at radius 1 is 1.04 bits per heavy atom. The number of nitrogens with one attached hydrogen (secondary N) is 2. The average molecular weight is 386 g/mol. The van der Waals surface area contributed by atoms with Gasteiger partial charge in [0.15, 0.2) is 0 Å². The number of amides is 2. The molecule has 2 aliphatic rings. The molecule has 1 aromatic rings. The normalized spacial score (nSPS) is 24.3. The van der Waals surface area contributed by atoms with Crippen LogP contribution < -0.4 is 10.6 Å². The van der Waals surface area contributed by atoms with Gasteiger partial charge in [0.1, 0.15) is 0 Å². The standard InChI is InChI=1S/C23H35N3O2/c1-17(27)26-23(21-9-5-6-14-24-21)20-12-10-19(11-13-20)16-25-22(28)15-18-7-3-2-4-8-18/h5-6,9,14,18-20,23H,2-4,7-8,10-13,15-16H2,1H3,(H,25,28)(H,26,27)/t19?,20?,23-/m0/s1. The van der Waals surface area contributed by atoms with E-state index in [0.29, 0.717) is 24.2 Å². The maximum absolute atomic E-state index is 12.3. The maximum atomic E-state index is 12.3. The Balaban J connectivity index is 1.43. The van der Waals surface area contributed by atoms with Crippen molar-refractivity contribution in [2.45, 2.75) is 77.2 Å². The van der Waals surface area contributed by atoms with Crippen molar-refractivity contribution < 1.29 is 9.59 Å². The van der Waals surface area contributed by atoms with E-state index in [1.807, 2.05) is 18.2 Å². The first-order chi connectivity index (χ1) is 13.6. The van der Waals surface area contributed by atoms with Crippen LogP contribution in [0.1, 0.15) is 82.9 Å². The number of hydrogen-bond donors (Lipinski definition) is 2. The highest BCUT2D eigenvalue weighted by Crippen LogP contribution is 2.36. The highest BCUT2D eigenvalue weighted by Gasteiger charge is 2.30. The van der Waals surface area contributed by atoms with E-state index in [-0.39, 0.29) is 17.9 Å². The van der Waals surface area contributed by atoms with Crippen LogP contribution in [0.2, 0.25) is 0 Å². The van der Waals surface area contributed by atoms with E-state index in [2.05, 4.69) is 15.6 Å². The van der Waals surface area contributed by atoms with E-state index in [1.54, 1.807) is 13.1 Å². The van der Waals surface area contributed by atoms with Crippen LogP contribution in [0.15, 0.2) is 24.4 Å². The van der Waals surface area contributed by atoms with Crippen LogP contribution >= 0.6 is 0 Å². The molecule has 5 nitrogen and oxygen atoms in total. The first-order valence-electron chi connectivity index (χ1n) is 11.1. The van der Waals surface area contributed by atoms with Crippen LogP contribution in [0.5, 0.6) is 0 Å².